The van der Waals surface area contributed by atoms with Gasteiger partial charge in [0.2, 0.25) is 0 Å². The number of methoxy groups -OCH3 is 1. The van der Waals surface area contributed by atoms with Gasteiger partial charge in [0, 0.05) is 16.2 Å². The van der Waals surface area contributed by atoms with Crippen LogP contribution in [-0.4, -0.2) is 13.2 Å². The van der Waals surface area contributed by atoms with Crippen molar-refractivity contribution in [3.63, 3.8) is 0 Å². The third-order valence-electron chi connectivity index (χ3n) is 2.99. The van der Waals surface area contributed by atoms with Gasteiger partial charge in [-0.3, -0.25) is 0 Å². The summed E-state index contributed by atoms with van der Waals surface area (Å²) in [7, 11) is 1.67. The molecular formula is C16H18ClNOS. The first-order valence-electron chi connectivity index (χ1n) is 6.42. The molecule has 106 valence electrons. The average molecular weight is 308 g/mol. The van der Waals surface area contributed by atoms with Crippen LogP contribution < -0.4 is 10.5 Å². The molecule has 0 aliphatic rings. The standard InChI is InChI=1S/C16H18ClNOS/c1-11(18)16(12-6-5-7-13(10-12)19-2)20-15-9-4-3-8-14(15)17/h3-11,16H,18H2,1-2H3. The van der Waals surface area contributed by atoms with Crippen LogP contribution in [0, 0.1) is 0 Å². The van der Waals surface area contributed by atoms with Gasteiger partial charge in [-0.25, -0.2) is 0 Å². The van der Waals surface area contributed by atoms with E-state index in [0.29, 0.717) is 0 Å². The zero-order chi connectivity index (χ0) is 14.5. The minimum Gasteiger partial charge on any atom is -0.497 e. The lowest BCUT2D eigenvalue weighted by Crippen LogP contribution is -2.22. The first-order valence-corrected chi connectivity index (χ1v) is 7.68. The van der Waals surface area contributed by atoms with Gasteiger partial charge in [-0.2, -0.15) is 0 Å². The van der Waals surface area contributed by atoms with Crippen LogP contribution in [0.5, 0.6) is 5.75 Å². The second-order valence-corrected chi connectivity index (χ2v) is 6.20. The van der Waals surface area contributed by atoms with E-state index >= 15 is 0 Å². The van der Waals surface area contributed by atoms with E-state index in [0.717, 1.165) is 21.2 Å². The van der Waals surface area contributed by atoms with Gasteiger partial charge in [-0.1, -0.05) is 35.9 Å². The number of thioether (sulfide) groups is 1. The van der Waals surface area contributed by atoms with Gasteiger partial charge in [0.1, 0.15) is 5.75 Å². The Kier molecular flexibility index (Phi) is 5.35. The predicted octanol–water partition coefficient (Wildman–Crippen LogP) is 4.53. The van der Waals surface area contributed by atoms with Crippen molar-refractivity contribution in [3.8, 4) is 5.75 Å². The van der Waals surface area contributed by atoms with E-state index in [2.05, 4.69) is 6.07 Å². The van der Waals surface area contributed by atoms with Crippen molar-refractivity contribution in [2.24, 2.45) is 5.73 Å². The van der Waals surface area contributed by atoms with E-state index in [1.54, 1.807) is 18.9 Å². The molecule has 2 atom stereocenters. The van der Waals surface area contributed by atoms with Gasteiger partial charge in [-0.15, -0.1) is 11.8 Å². The number of benzene rings is 2. The van der Waals surface area contributed by atoms with Gasteiger partial charge in [0.05, 0.1) is 12.1 Å². The Hall–Kier alpha value is -1.16. The highest BCUT2D eigenvalue weighted by atomic mass is 35.5. The molecule has 2 N–H and O–H groups in total. The fourth-order valence-corrected chi connectivity index (χ4v) is 3.35. The number of hydrogen-bond acceptors (Lipinski definition) is 3. The number of nitrogens with two attached hydrogens (primary N) is 1. The van der Waals surface area contributed by atoms with Crippen LogP contribution in [0.15, 0.2) is 53.4 Å². The molecule has 0 saturated heterocycles. The molecule has 0 heterocycles. The van der Waals surface area contributed by atoms with E-state index in [9.17, 15) is 0 Å². The summed E-state index contributed by atoms with van der Waals surface area (Å²) >= 11 is 7.92. The largest absolute Gasteiger partial charge is 0.497 e. The molecule has 0 bridgehead atoms. The Bertz CT molecular complexity index is 574. The van der Waals surface area contributed by atoms with E-state index in [1.165, 1.54) is 0 Å². The highest BCUT2D eigenvalue weighted by molar-refractivity contribution is 7.99. The fourth-order valence-electron chi connectivity index (χ4n) is 1.97. The highest BCUT2D eigenvalue weighted by Crippen LogP contribution is 2.40. The molecule has 4 heteroatoms. The monoisotopic (exact) mass is 307 g/mol. The maximum Gasteiger partial charge on any atom is 0.119 e. The summed E-state index contributed by atoms with van der Waals surface area (Å²) in [5.74, 6) is 0.841. The van der Waals surface area contributed by atoms with Gasteiger partial charge >= 0.3 is 0 Å². The van der Waals surface area contributed by atoms with Crippen LogP contribution in [0.3, 0.4) is 0 Å². The van der Waals surface area contributed by atoms with E-state index in [4.69, 9.17) is 22.1 Å². The van der Waals surface area contributed by atoms with Crippen molar-refractivity contribution in [2.45, 2.75) is 23.1 Å². The molecule has 0 aromatic heterocycles. The van der Waals surface area contributed by atoms with Crippen LogP contribution in [0.1, 0.15) is 17.7 Å². The third-order valence-corrected chi connectivity index (χ3v) is 5.00. The minimum atomic E-state index is 0.00313. The van der Waals surface area contributed by atoms with Crippen LogP contribution in [-0.2, 0) is 0 Å². The van der Waals surface area contributed by atoms with Crippen LogP contribution in [0.4, 0.5) is 0 Å². The quantitative estimate of drug-likeness (QED) is 0.824. The number of hydrogen-bond donors (Lipinski definition) is 1. The molecule has 2 aromatic rings. The molecule has 0 amide bonds. The summed E-state index contributed by atoms with van der Waals surface area (Å²) in [6, 6.07) is 15.8. The van der Waals surface area contributed by atoms with Crippen molar-refractivity contribution in [1.29, 1.82) is 0 Å². The second kappa shape index (κ2) is 7.02. The lowest BCUT2D eigenvalue weighted by Gasteiger charge is -2.21. The fraction of sp³-hybridized carbons (Fsp3) is 0.250. The topological polar surface area (TPSA) is 35.2 Å². The second-order valence-electron chi connectivity index (χ2n) is 4.60. The zero-order valence-electron chi connectivity index (χ0n) is 11.5. The van der Waals surface area contributed by atoms with Gasteiger partial charge in [-0.05, 0) is 36.8 Å². The summed E-state index contributed by atoms with van der Waals surface area (Å²) in [6.45, 7) is 2.01. The van der Waals surface area contributed by atoms with Crippen molar-refractivity contribution in [1.82, 2.24) is 0 Å². The summed E-state index contributed by atoms with van der Waals surface area (Å²) < 4.78 is 5.28. The van der Waals surface area contributed by atoms with Crippen LogP contribution in [0.25, 0.3) is 0 Å². The molecule has 0 fully saturated rings. The average Bonchev–Trinajstić information content (AvgIpc) is 2.46. The Balaban J connectivity index is 2.29. The smallest absolute Gasteiger partial charge is 0.119 e. The lowest BCUT2D eigenvalue weighted by atomic mass is 10.1. The Morgan fingerprint density at radius 3 is 2.55 bits per heavy atom. The lowest BCUT2D eigenvalue weighted by molar-refractivity contribution is 0.414. The Morgan fingerprint density at radius 2 is 1.90 bits per heavy atom. The zero-order valence-corrected chi connectivity index (χ0v) is 13.1. The number of ether oxygens (including phenoxy) is 1. The van der Waals surface area contributed by atoms with E-state index in [-0.39, 0.29) is 11.3 Å². The summed E-state index contributed by atoms with van der Waals surface area (Å²) in [6.07, 6.45) is 0. The van der Waals surface area contributed by atoms with Gasteiger partial charge < -0.3 is 10.5 Å². The predicted molar refractivity (Wildman–Crippen MR) is 86.7 cm³/mol. The Labute approximate surface area is 129 Å². The highest BCUT2D eigenvalue weighted by Gasteiger charge is 2.19. The maximum atomic E-state index is 6.23. The SMILES string of the molecule is COc1cccc(C(Sc2ccccc2Cl)C(C)N)c1. The van der Waals surface area contributed by atoms with E-state index < -0.39 is 0 Å². The van der Waals surface area contributed by atoms with E-state index in [1.807, 2.05) is 49.4 Å². The molecule has 2 aromatic carbocycles. The first kappa shape index (κ1) is 15.2. The van der Waals surface area contributed by atoms with Crippen molar-refractivity contribution < 1.29 is 4.74 Å². The molecule has 20 heavy (non-hydrogen) atoms. The third kappa shape index (κ3) is 3.69. The number of rotatable bonds is 5. The van der Waals surface area contributed by atoms with Gasteiger partial charge in [0.15, 0.2) is 0 Å². The summed E-state index contributed by atoms with van der Waals surface area (Å²) in [4.78, 5) is 1.04. The van der Waals surface area contributed by atoms with Crippen molar-refractivity contribution in [3.05, 3.63) is 59.1 Å². The molecule has 0 spiro atoms. The van der Waals surface area contributed by atoms with Crippen molar-refractivity contribution in [2.75, 3.05) is 7.11 Å². The Morgan fingerprint density at radius 1 is 1.15 bits per heavy atom. The van der Waals surface area contributed by atoms with Crippen molar-refractivity contribution >= 4 is 23.4 Å². The van der Waals surface area contributed by atoms with Gasteiger partial charge in [0.25, 0.3) is 0 Å². The molecule has 0 saturated carbocycles. The molecule has 0 radical (unpaired) electrons. The normalized spacial score (nSPS) is 13.8. The molecule has 2 rings (SSSR count). The summed E-state index contributed by atoms with van der Waals surface area (Å²) in [5.41, 5.74) is 7.30. The molecule has 2 nitrogen and oxygen atoms in total. The van der Waals surface area contributed by atoms with Crippen LogP contribution >= 0.6 is 23.4 Å². The van der Waals surface area contributed by atoms with Crippen LogP contribution in [0.2, 0.25) is 5.02 Å². The maximum absolute atomic E-state index is 6.23. The molecule has 0 aliphatic heterocycles. The molecular weight excluding hydrogens is 290 g/mol. The molecule has 2 unspecified atom stereocenters. The summed E-state index contributed by atoms with van der Waals surface area (Å²) in [5, 5.41) is 0.885. The number of halogens is 1. The first-order chi connectivity index (χ1) is 9.61. The molecule has 0 aliphatic carbocycles. The minimum absolute atomic E-state index is 0.00313.